The molecule has 6 nitrogen and oxygen atoms in total. The van der Waals surface area contributed by atoms with E-state index in [9.17, 15) is 4.79 Å². The molecule has 2 saturated heterocycles. The van der Waals surface area contributed by atoms with Gasteiger partial charge in [-0.1, -0.05) is 6.07 Å². The number of hydrogen-bond donors (Lipinski definition) is 0. The molecule has 0 aromatic heterocycles. The molecule has 2 fully saturated rings. The summed E-state index contributed by atoms with van der Waals surface area (Å²) in [6.07, 6.45) is 1.78. The molecule has 24 heavy (non-hydrogen) atoms. The van der Waals surface area contributed by atoms with Crippen molar-refractivity contribution in [2.75, 3.05) is 40.9 Å². The number of likely N-dealkylation sites (N-methyl/N-ethyl adjacent to an activating group) is 1. The van der Waals surface area contributed by atoms with Crippen molar-refractivity contribution in [2.45, 2.75) is 31.6 Å². The van der Waals surface area contributed by atoms with E-state index in [0.717, 1.165) is 43.8 Å². The molecule has 1 spiro atoms. The van der Waals surface area contributed by atoms with E-state index in [4.69, 9.17) is 14.2 Å². The van der Waals surface area contributed by atoms with E-state index in [1.807, 2.05) is 6.07 Å². The Morgan fingerprint density at radius 2 is 2.12 bits per heavy atom. The Morgan fingerprint density at radius 3 is 2.79 bits per heavy atom. The van der Waals surface area contributed by atoms with Crippen LogP contribution in [0.4, 0.5) is 4.79 Å². The van der Waals surface area contributed by atoms with Gasteiger partial charge in [-0.05, 0) is 37.1 Å². The average molecular weight is 334 g/mol. The van der Waals surface area contributed by atoms with E-state index in [0.29, 0.717) is 13.2 Å². The number of likely N-dealkylation sites (tertiary alicyclic amines) is 1. The molecule has 1 unspecified atom stereocenters. The van der Waals surface area contributed by atoms with Gasteiger partial charge in [0, 0.05) is 32.8 Å². The third-order valence-corrected chi connectivity index (χ3v) is 4.81. The highest BCUT2D eigenvalue weighted by Gasteiger charge is 2.46. The highest BCUT2D eigenvalue weighted by molar-refractivity contribution is 5.70. The first-order valence-electron chi connectivity index (χ1n) is 8.36. The molecule has 2 aliphatic heterocycles. The van der Waals surface area contributed by atoms with Crippen LogP contribution >= 0.6 is 0 Å². The van der Waals surface area contributed by atoms with E-state index in [2.05, 4.69) is 17.0 Å². The van der Waals surface area contributed by atoms with Gasteiger partial charge in [-0.3, -0.25) is 4.90 Å². The third-order valence-electron chi connectivity index (χ3n) is 4.81. The fourth-order valence-corrected chi connectivity index (χ4v) is 3.79. The summed E-state index contributed by atoms with van der Waals surface area (Å²) in [6, 6.07) is 6.22. The summed E-state index contributed by atoms with van der Waals surface area (Å²) < 4.78 is 16.3. The molecule has 2 aliphatic rings. The lowest BCUT2D eigenvalue weighted by Crippen LogP contribution is -2.50. The molecule has 1 aromatic rings. The normalized spacial score (nSPS) is 24.5. The van der Waals surface area contributed by atoms with Crippen LogP contribution < -0.4 is 4.74 Å². The van der Waals surface area contributed by atoms with Crippen LogP contribution in [0.3, 0.4) is 0 Å². The molecule has 1 amide bonds. The minimum atomic E-state index is -0.341. The summed E-state index contributed by atoms with van der Waals surface area (Å²) >= 11 is 0. The van der Waals surface area contributed by atoms with Gasteiger partial charge in [0.25, 0.3) is 0 Å². The molecule has 3 rings (SSSR count). The minimum absolute atomic E-state index is 0.205. The Balaban J connectivity index is 1.69. The van der Waals surface area contributed by atoms with Crippen molar-refractivity contribution >= 4 is 6.09 Å². The van der Waals surface area contributed by atoms with Gasteiger partial charge >= 0.3 is 6.09 Å². The fourth-order valence-electron chi connectivity index (χ4n) is 3.79. The van der Waals surface area contributed by atoms with Crippen LogP contribution in [0, 0.1) is 0 Å². The van der Waals surface area contributed by atoms with Crippen molar-refractivity contribution < 1.29 is 19.0 Å². The van der Waals surface area contributed by atoms with Gasteiger partial charge in [0.2, 0.25) is 0 Å². The smallest absolute Gasteiger partial charge is 0.410 e. The molecule has 0 radical (unpaired) electrons. The van der Waals surface area contributed by atoms with E-state index in [-0.39, 0.29) is 11.7 Å². The molecule has 2 heterocycles. The standard InChI is InChI=1S/C18H26N2O4/c1-19-12-18(24-17(19)21)7-4-8-20(13-18)10-14-5-6-16(23-3)15(9-14)11-22-2/h5-6,9H,4,7-8,10-13H2,1-3H3. The van der Waals surface area contributed by atoms with Crippen LogP contribution in [0.1, 0.15) is 24.0 Å². The second kappa shape index (κ2) is 6.99. The first-order valence-corrected chi connectivity index (χ1v) is 8.36. The summed E-state index contributed by atoms with van der Waals surface area (Å²) in [5.41, 5.74) is 1.93. The SMILES string of the molecule is COCc1cc(CN2CCCC3(C2)CN(C)C(=O)O3)ccc1OC. The molecular formula is C18H26N2O4. The lowest BCUT2D eigenvalue weighted by molar-refractivity contribution is -0.0113. The van der Waals surface area contributed by atoms with Gasteiger partial charge in [-0.2, -0.15) is 0 Å². The summed E-state index contributed by atoms with van der Waals surface area (Å²) in [4.78, 5) is 15.8. The number of benzene rings is 1. The Morgan fingerprint density at radius 1 is 1.29 bits per heavy atom. The minimum Gasteiger partial charge on any atom is -0.496 e. The van der Waals surface area contributed by atoms with Crippen molar-refractivity contribution in [1.29, 1.82) is 0 Å². The monoisotopic (exact) mass is 334 g/mol. The van der Waals surface area contributed by atoms with Gasteiger partial charge in [0.1, 0.15) is 11.4 Å². The zero-order valence-electron chi connectivity index (χ0n) is 14.7. The van der Waals surface area contributed by atoms with E-state index in [1.165, 1.54) is 5.56 Å². The van der Waals surface area contributed by atoms with Crippen LogP contribution in [-0.4, -0.2) is 62.4 Å². The number of carbonyl (C=O) groups is 1. The van der Waals surface area contributed by atoms with Gasteiger partial charge in [0.05, 0.1) is 20.3 Å². The Bertz CT molecular complexity index is 607. The number of piperidine rings is 1. The lowest BCUT2D eigenvalue weighted by atomic mass is 9.92. The molecular weight excluding hydrogens is 308 g/mol. The molecule has 0 N–H and O–H groups in total. The van der Waals surface area contributed by atoms with Crippen molar-refractivity contribution in [3.05, 3.63) is 29.3 Å². The number of ether oxygens (including phenoxy) is 3. The summed E-state index contributed by atoms with van der Waals surface area (Å²) in [6.45, 7) is 3.86. The van der Waals surface area contributed by atoms with Gasteiger partial charge < -0.3 is 19.1 Å². The first kappa shape index (κ1) is 17.0. The molecule has 1 aromatic carbocycles. The van der Waals surface area contributed by atoms with Crippen LogP contribution in [0.25, 0.3) is 0 Å². The van der Waals surface area contributed by atoms with Crippen molar-refractivity contribution in [3.63, 3.8) is 0 Å². The maximum Gasteiger partial charge on any atom is 0.410 e. The van der Waals surface area contributed by atoms with Gasteiger partial charge in [-0.25, -0.2) is 4.79 Å². The second-order valence-corrected chi connectivity index (χ2v) is 6.80. The summed E-state index contributed by atoms with van der Waals surface area (Å²) in [5, 5.41) is 0. The van der Waals surface area contributed by atoms with E-state index < -0.39 is 0 Å². The van der Waals surface area contributed by atoms with Crippen molar-refractivity contribution in [1.82, 2.24) is 9.80 Å². The molecule has 0 bridgehead atoms. The van der Waals surface area contributed by atoms with E-state index >= 15 is 0 Å². The lowest BCUT2D eigenvalue weighted by Gasteiger charge is -2.38. The molecule has 132 valence electrons. The highest BCUT2D eigenvalue weighted by atomic mass is 16.6. The number of rotatable bonds is 5. The number of methoxy groups -OCH3 is 2. The first-order chi connectivity index (χ1) is 11.5. The Hall–Kier alpha value is -1.79. The maximum absolute atomic E-state index is 11.8. The maximum atomic E-state index is 11.8. The quantitative estimate of drug-likeness (QED) is 0.827. The fraction of sp³-hybridized carbons (Fsp3) is 0.611. The summed E-state index contributed by atoms with van der Waals surface area (Å²) in [7, 11) is 5.16. The second-order valence-electron chi connectivity index (χ2n) is 6.80. The molecule has 0 saturated carbocycles. The largest absolute Gasteiger partial charge is 0.496 e. The number of nitrogens with zero attached hydrogens (tertiary/aromatic N) is 2. The topological polar surface area (TPSA) is 51.2 Å². The Labute approximate surface area is 143 Å². The number of amides is 1. The zero-order chi connectivity index (χ0) is 17.2. The number of hydrogen-bond acceptors (Lipinski definition) is 5. The zero-order valence-corrected chi connectivity index (χ0v) is 14.7. The third kappa shape index (κ3) is 3.49. The van der Waals surface area contributed by atoms with Crippen molar-refractivity contribution in [3.8, 4) is 5.75 Å². The van der Waals surface area contributed by atoms with Crippen LogP contribution in [0.15, 0.2) is 18.2 Å². The summed E-state index contributed by atoms with van der Waals surface area (Å²) in [5.74, 6) is 0.849. The highest BCUT2D eigenvalue weighted by Crippen LogP contribution is 2.32. The van der Waals surface area contributed by atoms with Gasteiger partial charge in [-0.15, -0.1) is 0 Å². The van der Waals surface area contributed by atoms with Crippen molar-refractivity contribution in [2.24, 2.45) is 0 Å². The predicted molar refractivity (Wildman–Crippen MR) is 90.1 cm³/mol. The van der Waals surface area contributed by atoms with Crippen LogP contribution in [-0.2, 0) is 22.6 Å². The average Bonchev–Trinajstić information content (AvgIpc) is 2.81. The molecule has 6 heteroatoms. The molecule has 0 aliphatic carbocycles. The van der Waals surface area contributed by atoms with Crippen LogP contribution in [0.5, 0.6) is 5.75 Å². The predicted octanol–water partition coefficient (Wildman–Crippen LogP) is 2.26. The molecule has 1 atom stereocenters. The van der Waals surface area contributed by atoms with Gasteiger partial charge in [0.15, 0.2) is 0 Å². The van der Waals surface area contributed by atoms with Crippen LogP contribution in [0.2, 0.25) is 0 Å². The number of carbonyl (C=O) groups excluding carboxylic acids is 1. The van der Waals surface area contributed by atoms with E-state index in [1.54, 1.807) is 26.2 Å². The Kier molecular flexibility index (Phi) is 4.96.